The molecule has 1 saturated heterocycles. The first-order valence-corrected chi connectivity index (χ1v) is 10.3. The highest BCUT2D eigenvalue weighted by Crippen LogP contribution is 2.68. The molecular weight excluding hydrogens is 348 g/mol. The molecule has 3 heteroatoms. The molecule has 148 valence electrons. The number of ether oxygens (including phenoxy) is 2. The third kappa shape index (κ3) is 2.92. The first kappa shape index (κ1) is 19.0. The van der Waals surface area contributed by atoms with Gasteiger partial charge in [0.15, 0.2) is 11.7 Å². The molecule has 1 aromatic rings. The maximum atomic E-state index is 12.0. The van der Waals surface area contributed by atoms with Crippen LogP contribution in [-0.4, -0.2) is 17.9 Å². The van der Waals surface area contributed by atoms with Gasteiger partial charge in [0.05, 0.1) is 0 Å². The third-order valence-corrected chi connectivity index (χ3v) is 7.18. The van der Waals surface area contributed by atoms with Crippen molar-refractivity contribution in [3.8, 4) is 0 Å². The van der Waals surface area contributed by atoms with Crippen LogP contribution in [-0.2, 0) is 15.9 Å². The molecule has 0 radical (unpaired) electrons. The van der Waals surface area contributed by atoms with Crippen molar-refractivity contribution in [3.63, 3.8) is 0 Å². The van der Waals surface area contributed by atoms with Gasteiger partial charge in [0.25, 0.3) is 0 Å². The van der Waals surface area contributed by atoms with Gasteiger partial charge in [-0.3, -0.25) is 0 Å². The highest BCUT2D eigenvalue weighted by molar-refractivity contribution is 5.66. The fraction of sp³-hybridized carbons (Fsp3) is 0.480. The summed E-state index contributed by atoms with van der Waals surface area (Å²) >= 11 is 0. The van der Waals surface area contributed by atoms with Gasteiger partial charge in [0.2, 0.25) is 0 Å². The Balaban J connectivity index is 1.55. The first-order valence-electron chi connectivity index (χ1n) is 10.3. The number of benzene rings is 1. The standard InChI is InChI=1S/C25H30O3/c1-5-20-21(16-17(2)10-9-13-19-11-7-6-8-12-19)18(3)25(14-15-25)24(4)22(20)27-23(26)28-24/h5-8,10-12,20,22H,1,9,13-16H2,2-4H3/b17-10+/t20-,22-,24-/m0/s1. The summed E-state index contributed by atoms with van der Waals surface area (Å²) in [5, 5.41) is 0. The highest BCUT2D eigenvalue weighted by atomic mass is 16.8. The van der Waals surface area contributed by atoms with E-state index in [4.69, 9.17) is 9.47 Å². The van der Waals surface area contributed by atoms with E-state index in [1.807, 2.05) is 6.08 Å². The van der Waals surface area contributed by atoms with Crippen LogP contribution in [0.1, 0.15) is 52.0 Å². The van der Waals surface area contributed by atoms with Gasteiger partial charge in [0, 0.05) is 11.3 Å². The van der Waals surface area contributed by atoms with Gasteiger partial charge < -0.3 is 9.47 Å². The lowest BCUT2D eigenvalue weighted by molar-refractivity contribution is -0.0289. The lowest BCUT2D eigenvalue weighted by Crippen LogP contribution is -2.53. The van der Waals surface area contributed by atoms with Crippen LogP contribution in [0.2, 0.25) is 0 Å². The second-order valence-corrected chi connectivity index (χ2v) is 8.74. The molecule has 1 saturated carbocycles. The van der Waals surface area contributed by atoms with E-state index in [2.05, 4.69) is 63.8 Å². The minimum absolute atomic E-state index is 0.0140. The van der Waals surface area contributed by atoms with Crippen LogP contribution < -0.4 is 0 Å². The fourth-order valence-corrected chi connectivity index (χ4v) is 5.38. The summed E-state index contributed by atoms with van der Waals surface area (Å²) < 4.78 is 11.4. The Kier molecular flexibility index (Phi) is 4.73. The SMILES string of the molecule is C=C[C@H]1C(C/C(C)=C/CCc2ccccc2)=C(C)C2(CC2)[C@@]2(C)OC(=O)O[C@@H]12. The van der Waals surface area contributed by atoms with Crippen LogP contribution >= 0.6 is 0 Å². The van der Waals surface area contributed by atoms with E-state index in [9.17, 15) is 4.79 Å². The summed E-state index contributed by atoms with van der Waals surface area (Å²) in [6.07, 6.45) is 8.60. The van der Waals surface area contributed by atoms with Gasteiger partial charge in [-0.2, -0.15) is 0 Å². The summed E-state index contributed by atoms with van der Waals surface area (Å²) in [7, 11) is 0. The van der Waals surface area contributed by atoms with Crippen LogP contribution in [0.5, 0.6) is 0 Å². The molecule has 3 atom stereocenters. The van der Waals surface area contributed by atoms with E-state index in [1.165, 1.54) is 22.3 Å². The first-order chi connectivity index (χ1) is 13.4. The predicted octanol–water partition coefficient (Wildman–Crippen LogP) is 6.16. The quantitative estimate of drug-likeness (QED) is 0.439. The predicted molar refractivity (Wildman–Crippen MR) is 111 cm³/mol. The molecule has 1 aromatic carbocycles. The van der Waals surface area contributed by atoms with Gasteiger partial charge in [-0.15, -0.1) is 6.58 Å². The molecule has 0 N–H and O–H groups in total. The number of fused-ring (bicyclic) bond motifs is 2. The molecule has 2 aliphatic carbocycles. The third-order valence-electron chi connectivity index (χ3n) is 7.18. The van der Waals surface area contributed by atoms with Crippen LogP contribution in [0.15, 0.2) is 65.8 Å². The van der Waals surface area contributed by atoms with Crippen LogP contribution in [0.3, 0.4) is 0 Å². The number of carbonyl (C=O) groups is 1. The van der Waals surface area contributed by atoms with Crippen molar-refractivity contribution in [2.45, 2.75) is 64.6 Å². The van der Waals surface area contributed by atoms with E-state index >= 15 is 0 Å². The zero-order valence-electron chi connectivity index (χ0n) is 17.2. The van der Waals surface area contributed by atoms with Crippen LogP contribution in [0.4, 0.5) is 4.79 Å². The van der Waals surface area contributed by atoms with E-state index in [-0.39, 0.29) is 17.4 Å². The Labute approximate surface area is 168 Å². The van der Waals surface area contributed by atoms with Crippen LogP contribution in [0, 0.1) is 11.3 Å². The Morgan fingerprint density at radius 1 is 1.29 bits per heavy atom. The van der Waals surface area contributed by atoms with E-state index in [0.717, 1.165) is 32.1 Å². The van der Waals surface area contributed by atoms with Crippen molar-refractivity contribution in [2.75, 3.05) is 0 Å². The average molecular weight is 379 g/mol. The molecule has 3 aliphatic rings. The lowest BCUT2D eigenvalue weighted by Gasteiger charge is -2.45. The summed E-state index contributed by atoms with van der Waals surface area (Å²) in [4.78, 5) is 12.0. The van der Waals surface area contributed by atoms with Gasteiger partial charge in [-0.25, -0.2) is 4.79 Å². The molecule has 0 unspecified atom stereocenters. The van der Waals surface area contributed by atoms with Crippen molar-refractivity contribution >= 4 is 6.16 Å². The van der Waals surface area contributed by atoms with Gasteiger partial charge in [-0.05, 0) is 58.4 Å². The Morgan fingerprint density at radius 3 is 2.64 bits per heavy atom. The smallest absolute Gasteiger partial charge is 0.426 e. The molecule has 4 rings (SSSR count). The maximum Gasteiger partial charge on any atom is 0.509 e. The van der Waals surface area contributed by atoms with Crippen molar-refractivity contribution in [1.29, 1.82) is 0 Å². The van der Waals surface area contributed by atoms with Crippen molar-refractivity contribution in [3.05, 3.63) is 71.3 Å². The molecule has 1 heterocycles. The minimum Gasteiger partial charge on any atom is -0.426 e. The van der Waals surface area contributed by atoms with Crippen LogP contribution in [0.25, 0.3) is 0 Å². The molecule has 1 spiro atoms. The Morgan fingerprint density at radius 2 is 2.00 bits per heavy atom. The molecule has 0 bridgehead atoms. The van der Waals surface area contributed by atoms with Crippen molar-refractivity contribution < 1.29 is 14.3 Å². The molecule has 1 aliphatic heterocycles. The summed E-state index contributed by atoms with van der Waals surface area (Å²) in [5.41, 5.74) is 4.85. The van der Waals surface area contributed by atoms with E-state index in [0.29, 0.717) is 0 Å². The minimum atomic E-state index is -0.568. The lowest BCUT2D eigenvalue weighted by atomic mass is 9.63. The van der Waals surface area contributed by atoms with E-state index in [1.54, 1.807) is 0 Å². The summed E-state index contributed by atoms with van der Waals surface area (Å²) in [6.45, 7) is 10.5. The second-order valence-electron chi connectivity index (χ2n) is 8.74. The molecular formula is C25H30O3. The number of hydrogen-bond acceptors (Lipinski definition) is 3. The fourth-order valence-electron chi connectivity index (χ4n) is 5.38. The largest absolute Gasteiger partial charge is 0.509 e. The van der Waals surface area contributed by atoms with Gasteiger partial charge in [-0.1, -0.05) is 59.2 Å². The molecule has 0 amide bonds. The molecule has 2 fully saturated rings. The molecule has 3 nitrogen and oxygen atoms in total. The van der Waals surface area contributed by atoms with E-state index < -0.39 is 11.8 Å². The normalized spacial score (nSPS) is 30.7. The maximum absolute atomic E-state index is 12.0. The monoisotopic (exact) mass is 378 g/mol. The molecule has 28 heavy (non-hydrogen) atoms. The van der Waals surface area contributed by atoms with Gasteiger partial charge >= 0.3 is 6.16 Å². The van der Waals surface area contributed by atoms with Gasteiger partial charge in [0.1, 0.15) is 0 Å². The summed E-state index contributed by atoms with van der Waals surface area (Å²) in [6, 6.07) is 10.6. The van der Waals surface area contributed by atoms with Crippen molar-refractivity contribution in [2.24, 2.45) is 11.3 Å². The topological polar surface area (TPSA) is 35.5 Å². The summed E-state index contributed by atoms with van der Waals surface area (Å²) in [5.74, 6) is 0.0140. The Hall–Kier alpha value is -2.29. The Bertz CT molecular complexity index is 844. The highest BCUT2D eigenvalue weighted by Gasteiger charge is 2.71. The molecule has 0 aromatic heterocycles. The van der Waals surface area contributed by atoms with Crippen molar-refractivity contribution in [1.82, 2.24) is 0 Å². The second kappa shape index (κ2) is 6.95. The number of aryl methyl sites for hydroxylation is 1. The number of carbonyl (C=O) groups excluding carboxylic acids is 1. The number of allylic oxidation sites excluding steroid dienone is 2. The zero-order valence-corrected chi connectivity index (χ0v) is 17.2. The number of hydrogen-bond donors (Lipinski definition) is 0. The number of rotatable bonds is 6. The average Bonchev–Trinajstić information content (AvgIpc) is 3.42. The zero-order chi connectivity index (χ0) is 19.9.